The summed E-state index contributed by atoms with van der Waals surface area (Å²) in [4.78, 5) is 12.6. The average molecular weight is 500 g/mol. The Bertz CT molecular complexity index is 888. The van der Waals surface area contributed by atoms with E-state index in [1.807, 2.05) is 0 Å². The predicted octanol–water partition coefficient (Wildman–Crippen LogP) is 7.95. The normalized spacial score (nSPS) is 19.4. The summed E-state index contributed by atoms with van der Waals surface area (Å²) in [5.74, 6) is -3.04. The van der Waals surface area contributed by atoms with Gasteiger partial charge in [0.2, 0.25) is 0 Å². The van der Waals surface area contributed by atoms with Crippen LogP contribution in [-0.4, -0.2) is 26.1 Å². The lowest BCUT2D eigenvalue weighted by Gasteiger charge is -2.44. The summed E-state index contributed by atoms with van der Waals surface area (Å²) in [6.45, 7) is 18.4. The lowest BCUT2D eigenvalue weighted by molar-refractivity contribution is 0.0504. The van der Waals surface area contributed by atoms with Gasteiger partial charge in [-0.2, -0.15) is 0 Å². The second-order valence-corrected chi connectivity index (χ2v) is 16.5. The molecule has 0 saturated carbocycles. The fourth-order valence-electron chi connectivity index (χ4n) is 5.30. The summed E-state index contributed by atoms with van der Waals surface area (Å²) in [6.07, 6.45) is 2.06. The van der Waals surface area contributed by atoms with Gasteiger partial charge in [-0.25, -0.2) is 18.0 Å². The maximum Gasteiger partial charge on any atom is 0.408 e. The van der Waals surface area contributed by atoms with E-state index >= 15 is 0 Å². The number of hydrogen-bond acceptors (Lipinski definition) is 3. The van der Waals surface area contributed by atoms with Crippen LogP contribution < -0.4 is 5.32 Å². The molecule has 1 aliphatic rings. The molecule has 34 heavy (non-hydrogen) atoms. The van der Waals surface area contributed by atoms with E-state index in [2.05, 4.69) is 46.9 Å². The Labute approximate surface area is 203 Å². The third-order valence-electron chi connectivity index (χ3n) is 6.64. The molecule has 0 bridgehead atoms. The van der Waals surface area contributed by atoms with Crippen LogP contribution in [0, 0.1) is 17.5 Å². The molecular formula is C26H40F3NO3Si. The first kappa shape index (κ1) is 28.3. The fourth-order valence-corrected chi connectivity index (χ4v) is 10.6. The minimum absolute atomic E-state index is 0.0235. The number of ether oxygens (including phenoxy) is 1. The Kier molecular flexibility index (Phi) is 8.94. The molecule has 0 aliphatic heterocycles. The summed E-state index contributed by atoms with van der Waals surface area (Å²) in [7, 11) is -2.25. The van der Waals surface area contributed by atoms with Crippen molar-refractivity contribution in [2.75, 3.05) is 0 Å². The van der Waals surface area contributed by atoms with Crippen LogP contribution in [0.3, 0.4) is 0 Å². The number of rotatable bonds is 7. The van der Waals surface area contributed by atoms with Gasteiger partial charge in [-0.15, -0.1) is 0 Å². The Morgan fingerprint density at radius 3 is 2.00 bits per heavy atom. The number of benzene rings is 1. The summed E-state index contributed by atoms with van der Waals surface area (Å²) < 4.78 is 54.5. The van der Waals surface area contributed by atoms with Crippen molar-refractivity contribution in [3.63, 3.8) is 0 Å². The quantitative estimate of drug-likeness (QED) is 0.306. The van der Waals surface area contributed by atoms with Gasteiger partial charge >= 0.3 is 6.09 Å². The van der Waals surface area contributed by atoms with Crippen molar-refractivity contribution in [1.29, 1.82) is 0 Å². The lowest BCUT2D eigenvalue weighted by Crippen LogP contribution is -2.48. The van der Waals surface area contributed by atoms with Gasteiger partial charge in [-0.05, 0) is 61.5 Å². The predicted molar refractivity (Wildman–Crippen MR) is 132 cm³/mol. The van der Waals surface area contributed by atoms with Crippen molar-refractivity contribution < 1.29 is 27.1 Å². The molecule has 1 aromatic rings. The van der Waals surface area contributed by atoms with Crippen LogP contribution in [0.25, 0.3) is 0 Å². The van der Waals surface area contributed by atoms with Crippen LogP contribution in [0.4, 0.5) is 18.0 Å². The molecule has 0 heterocycles. The molecule has 1 N–H and O–H groups in total. The van der Waals surface area contributed by atoms with Crippen LogP contribution in [0.5, 0.6) is 0 Å². The highest BCUT2D eigenvalue weighted by Crippen LogP contribution is 2.45. The summed E-state index contributed by atoms with van der Waals surface area (Å²) in [5.41, 5.74) is 0.362. The van der Waals surface area contributed by atoms with Crippen LogP contribution in [0.2, 0.25) is 16.6 Å². The maximum absolute atomic E-state index is 14.7. The lowest BCUT2D eigenvalue weighted by atomic mass is 9.83. The second kappa shape index (κ2) is 10.8. The molecule has 2 atom stereocenters. The molecule has 0 spiro atoms. The fraction of sp³-hybridized carbons (Fsp3) is 0.654. The van der Waals surface area contributed by atoms with Crippen LogP contribution >= 0.6 is 0 Å². The van der Waals surface area contributed by atoms with E-state index < -0.39 is 49.4 Å². The van der Waals surface area contributed by atoms with Crippen molar-refractivity contribution in [2.24, 2.45) is 0 Å². The zero-order valence-electron chi connectivity index (χ0n) is 21.9. The number of alkyl carbamates (subject to hydrolysis) is 1. The Hall–Kier alpha value is -1.96. The van der Waals surface area contributed by atoms with Crippen molar-refractivity contribution in [3.8, 4) is 0 Å². The summed E-state index contributed by atoms with van der Waals surface area (Å²) in [6, 6.07) is 0.740. The molecule has 8 heteroatoms. The number of allylic oxidation sites excluding steroid dienone is 1. The highest BCUT2D eigenvalue weighted by molar-refractivity contribution is 6.77. The van der Waals surface area contributed by atoms with Crippen molar-refractivity contribution in [3.05, 3.63) is 47.0 Å². The number of halogens is 3. The molecule has 2 rings (SSSR count). The molecule has 1 aromatic carbocycles. The Morgan fingerprint density at radius 1 is 0.971 bits per heavy atom. The Balaban J connectivity index is 2.48. The minimum Gasteiger partial charge on any atom is -0.546 e. The first-order valence-corrected chi connectivity index (χ1v) is 14.3. The first-order chi connectivity index (χ1) is 15.6. The molecule has 4 nitrogen and oxygen atoms in total. The third kappa shape index (κ3) is 6.37. The van der Waals surface area contributed by atoms with E-state index in [1.54, 1.807) is 26.8 Å². The van der Waals surface area contributed by atoms with Crippen LogP contribution in [0.1, 0.15) is 86.6 Å². The number of carbonyl (C=O) groups excluding carboxylic acids is 1. The summed E-state index contributed by atoms with van der Waals surface area (Å²) >= 11 is 0. The monoisotopic (exact) mass is 499 g/mol. The minimum atomic E-state index is -2.25. The van der Waals surface area contributed by atoms with E-state index in [4.69, 9.17) is 9.16 Å². The van der Waals surface area contributed by atoms with Gasteiger partial charge in [-0.1, -0.05) is 41.5 Å². The zero-order valence-corrected chi connectivity index (χ0v) is 22.9. The number of amides is 1. The van der Waals surface area contributed by atoms with Gasteiger partial charge in [-0.3, -0.25) is 0 Å². The second-order valence-electron chi connectivity index (χ2n) is 11.2. The molecule has 1 aliphatic carbocycles. The van der Waals surface area contributed by atoms with Crippen molar-refractivity contribution in [1.82, 2.24) is 5.32 Å². The van der Waals surface area contributed by atoms with Gasteiger partial charge in [0.15, 0.2) is 11.6 Å². The topological polar surface area (TPSA) is 47.6 Å². The average Bonchev–Trinajstić information content (AvgIpc) is 2.67. The number of carbonyl (C=O) groups is 1. The van der Waals surface area contributed by atoms with Crippen LogP contribution in [-0.2, 0) is 9.16 Å². The largest absolute Gasteiger partial charge is 0.546 e. The standard InChI is InChI=1S/C26H40F3NO3Si/c1-15(2)34(16(3)4,17(5)6)33-18-10-11-19(20-13-22(28)23(29)14-21(20)27)24(12-18)30-25(31)32-26(7,8)9/h12-17,19,24H,10-11H2,1-9H3,(H,30,31)/t19-,24+/m1/s1. The highest BCUT2D eigenvalue weighted by atomic mass is 28.4. The molecule has 0 saturated heterocycles. The highest BCUT2D eigenvalue weighted by Gasteiger charge is 2.48. The number of hydrogen-bond donors (Lipinski definition) is 1. The van der Waals surface area contributed by atoms with Gasteiger partial charge < -0.3 is 14.5 Å². The maximum atomic E-state index is 14.7. The van der Waals surface area contributed by atoms with E-state index in [1.165, 1.54) is 0 Å². The molecule has 0 fully saturated rings. The molecule has 0 radical (unpaired) electrons. The third-order valence-corrected chi connectivity index (χ3v) is 12.7. The molecule has 192 valence electrons. The number of nitrogens with one attached hydrogen (secondary N) is 1. The molecule has 0 unspecified atom stereocenters. The SMILES string of the molecule is CC(C)[Si](OC1=C[C@H](NC(=O)OC(C)(C)C)[C@@H](c2cc(F)c(F)cc2F)CC1)(C(C)C)C(C)C. The van der Waals surface area contributed by atoms with Gasteiger partial charge in [0.25, 0.3) is 8.32 Å². The van der Waals surface area contributed by atoms with Crippen molar-refractivity contribution >= 4 is 14.4 Å². The van der Waals surface area contributed by atoms with E-state index in [9.17, 15) is 18.0 Å². The van der Waals surface area contributed by atoms with Gasteiger partial charge in [0, 0.05) is 18.4 Å². The van der Waals surface area contributed by atoms with Gasteiger partial charge in [0.05, 0.1) is 11.8 Å². The first-order valence-electron chi connectivity index (χ1n) is 12.1. The van der Waals surface area contributed by atoms with E-state index in [0.717, 1.165) is 11.8 Å². The van der Waals surface area contributed by atoms with Gasteiger partial charge in [0.1, 0.15) is 11.4 Å². The van der Waals surface area contributed by atoms with E-state index in [0.29, 0.717) is 35.5 Å². The Morgan fingerprint density at radius 2 is 1.50 bits per heavy atom. The molecule has 1 amide bonds. The van der Waals surface area contributed by atoms with E-state index in [-0.39, 0.29) is 5.56 Å². The molecular weight excluding hydrogens is 459 g/mol. The smallest absolute Gasteiger partial charge is 0.408 e. The molecule has 0 aromatic heterocycles. The zero-order chi connectivity index (χ0) is 26.0. The summed E-state index contributed by atoms with van der Waals surface area (Å²) in [5, 5.41) is 2.80. The van der Waals surface area contributed by atoms with Crippen LogP contribution in [0.15, 0.2) is 24.0 Å². The van der Waals surface area contributed by atoms with Crippen molar-refractivity contribution in [2.45, 2.75) is 109 Å².